The van der Waals surface area contributed by atoms with E-state index in [1.165, 1.54) is 17.3 Å². The van der Waals surface area contributed by atoms with E-state index in [4.69, 9.17) is 9.47 Å². The second-order valence-corrected chi connectivity index (χ2v) is 8.27. The number of aryl methyl sites for hydroxylation is 3. The highest BCUT2D eigenvalue weighted by Gasteiger charge is 2.25. The first kappa shape index (κ1) is 22.6. The molecule has 3 rings (SSSR count). The molecule has 164 valence electrons. The number of nitrogens with zero attached hydrogens (tertiary/aromatic N) is 4. The zero-order valence-corrected chi connectivity index (χ0v) is 19.1. The Kier molecular flexibility index (Phi) is 7.17. The quantitative estimate of drug-likeness (QED) is 0.269. The fraction of sp³-hybridized carbons (Fsp3) is 0.364. The second kappa shape index (κ2) is 9.82. The first-order chi connectivity index (χ1) is 14.8. The van der Waals surface area contributed by atoms with Crippen molar-refractivity contribution in [3.05, 3.63) is 69.0 Å². The summed E-state index contributed by atoms with van der Waals surface area (Å²) in [5.74, 6) is 1.86. The molecule has 1 atom stereocenters. The Morgan fingerprint density at radius 2 is 1.87 bits per heavy atom. The van der Waals surface area contributed by atoms with Crippen molar-refractivity contribution in [2.75, 3.05) is 20.3 Å². The second-order valence-electron chi connectivity index (χ2n) is 7.10. The van der Waals surface area contributed by atoms with Gasteiger partial charge in [0.1, 0.15) is 11.1 Å². The van der Waals surface area contributed by atoms with Gasteiger partial charge in [0.25, 0.3) is 0 Å². The fourth-order valence-electron chi connectivity index (χ4n) is 3.21. The van der Waals surface area contributed by atoms with Crippen LogP contribution in [-0.4, -0.2) is 39.9 Å². The Balaban J connectivity index is 1.99. The minimum Gasteiger partial charge on any atom is -0.493 e. The zero-order chi connectivity index (χ0) is 22.5. The Morgan fingerprint density at radius 1 is 1.10 bits per heavy atom. The highest BCUT2D eigenvalue weighted by molar-refractivity contribution is 7.99. The predicted molar refractivity (Wildman–Crippen MR) is 120 cm³/mol. The van der Waals surface area contributed by atoms with Crippen molar-refractivity contribution in [1.29, 1.82) is 0 Å². The summed E-state index contributed by atoms with van der Waals surface area (Å²) in [5.41, 5.74) is 4.03. The predicted octanol–water partition coefficient (Wildman–Crippen LogP) is 4.71. The van der Waals surface area contributed by atoms with Gasteiger partial charge in [-0.3, -0.25) is 14.7 Å². The van der Waals surface area contributed by atoms with E-state index in [-0.39, 0.29) is 11.5 Å². The topological polar surface area (TPSA) is 92.3 Å². The molecule has 0 aliphatic heterocycles. The first-order valence-corrected chi connectivity index (χ1v) is 10.8. The molecule has 8 nitrogen and oxygen atoms in total. The van der Waals surface area contributed by atoms with Crippen LogP contribution in [0, 0.1) is 30.9 Å². The van der Waals surface area contributed by atoms with Crippen molar-refractivity contribution < 1.29 is 14.4 Å². The summed E-state index contributed by atoms with van der Waals surface area (Å²) in [6.07, 6.45) is 0. The highest BCUT2D eigenvalue weighted by atomic mass is 32.2. The van der Waals surface area contributed by atoms with Crippen molar-refractivity contribution in [3.63, 3.8) is 0 Å². The van der Waals surface area contributed by atoms with E-state index < -0.39 is 5.25 Å². The van der Waals surface area contributed by atoms with E-state index in [2.05, 4.69) is 23.2 Å². The van der Waals surface area contributed by atoms with Gasteiger partial charge in [0.2, 0.25) is 6.54 Å². The van der Waals surface area contributed by atoms with Crippen LogP contribution < -0.4 is 9.47 Å². The number of hydrogen-bond donors (Lipinski definition) is 0. The Morgan fingerprint density at radius 3 is 2.52 bits per heavy atom. The van der Waals surface area contributed by atoms with Crippen molar-refractivity contribution in [2.45, 2.75) is 38.1 Å². The third-order valence-electron chi connectivity index (χ3n) is 4.97. The minimum absolute atomic E-state index is 0.263. The van der Waals surface area contributed by atoms with Crippen molar-refractivity contribution in [3.8, 4) is 17.2 Å². The van der Waals surface area contributed by atoms with E-state index >= 15 is 0 Å². The summed E-state index contributed by atoms with van der Waals surface area (Å²) in [6, 6.07) is 11.5. The zero-order valence-electron chi connectivity index (χ0n) is 18.3. The molecule has 0 radical (unpaired) electrons. The van der Waals surface area contributed by atoms with Crippen LogP contribution in [0.5, 0.6) is 11.5 Å². The monoisotopic (exact) mass is 442 g/mol. The van der Waals surface area contributed by atoms with Crippen LogP contribution in [0.15, 0.2) is 41.6 Å². The van der Waals surface area contributed by atoms with Gasteiger partial charge in [-0.1, -0.05) is 23.9 Å². The van der Waals surface area contributed by atoms with Crippen molar-refractivity contribution in [1.82, 2.24) is 14.8 Å². The minimum atomic E-state index is -0.478. The molecule has 0 saturated heterocycles. The van der Waals surface area contributed by atoms with Gasteiger partial charge in [-0.2, -0.15) is 0 Å². The normalized spacial score (nSPS) is 11.9. The molecule has 0 amide bonds. The lowest BCUT2D eigenvalue weighted by molar-refractivity contribution is -0.479. The van der Waals surface area contributed by atoms with E-state index in [0.717, 1.165) is 22.6 Å². The molecule has 31 heavy (non-hydrogen) atoms. The summed E-state index contributed by atoms with van der Waals surface area (Å²) >= 11 is 1.31. The van der Waals surface area contributed by atoms with Gasteiger partial charge < -0.3 is 9.47 Å². The largest absolute Gasteiger partial charge is 0.493 e. The standard InChI is InChI=1S/C22H26N4O4S/c1-6-30-19-10-8-17(12-20(19)29-5)21(13-25(27)28)31-22-24-23-16(4)26(22)18-9-7-14(2)15(3)11-18/h7-12,21H,6,13H2,1-5H3/t21-/m0/s1. The third-order valence-corrected chi connectivity index (χ3v) is 6.15. The number of rotatable bonds is 9. The molecule has 0 fully saturated rings. The molecule has 3 aromatic rings. The van der Waals surface area contributed by atoms with Crippen LogP contribution in [0.4, 0.5) is 0 Å². The molecular weight excluding hydrogens is 416 g/mol. The number of ether oxygens (including phenoxy) is 2. The maximum absolute atomic E-state index is 11.4. The molecule has 1 aromatic heterocycles. The van der Waals surface area contributed by atoms with Gasteiger partial charge in [-0.05, 0) is 68.7 Å². The van der Waals surface area contributed by atoms with Crippen LogP contribution >= 0.6 is 11.8 Å². The number of aromatic nitrogens is 3. The lowest BCUT2D eigenvalue weighted by Crippen LogP contribution is -2.11. The Labute approximate surface area is 185 Å². The molecular formula is C22H26N4O4S. The number of nitro groups is 1. The number of benzene rings is 2. The molecule has 0 saturated carbocycles. The molecule has 0 aliphatic rings. The number of methoxy groups -OCH3 is 1. The van der Waals surface area contributed by atoms with E-state index in [0.29, 0.717) is 23.3 Å². The van der Waals surface area contributed by atoms with Gasteiger partial charge in [0, 0.05) is 10.6 Å². The van der Waals surface area contributed by atoms with E-state index in [1.807, 2.05) is 43.5 Å². The fourth-order valence-corrected chi connectivity index (χ4v) is 4.38. The summed E-state index contributed by atoms with van der Waals surface area (Å²) in [4.78, 5) is 11.1. The van der Waals surface area contributed by atoms with E-state index in [1.54, 1.807) is 19.2 Å². The lowest BCUT2D eigenvalue weighted by atomic mass is 10.1. The first-order valence-electron chi connectivity index (χ1n) is 9.92. The molecule has 0 aliphatic carbocycles. The number of thioether (sulfide) groups is 1. The Hall–Kier alpha value is -3.07. The molecule has 1 heterocycles. The van der Waals surface area contributed by atoms with E-state index in [9.17, 15) is 10.1 Å². The SMILES string of the molecule is CCOc1ccc([C@H](C[N+](=O)[O-])Sc2nnc(C)n2-c2ccc(C)c(C)c2)cc1OC. The van der Waals surface area contributed by atoms with Crippen LogP contribution in [0.3, 0.4) is 0 Å². The van der Waals surface area contributed by atoms with Gasteiger partial charge >= 0.3 is 0 Å². The highest BCUT2D eigenvalue weighted by Crippen LogP contribution is 2.39. The average Bonchev–Trinajstić information content (AvgIpc) is 3.10. The van der Waals surface area contributed by atoms with Gasteiger partial charge in [0.05, 0.1) is 13.7 Å². The molecule has 2 aromatic carbocycles. The summed E-state index contributed by atoms with van der Waals surface area (Å²) in [5, 5.41) is 20.1. The molecule has 9 heteroatoms. The van der Waals surface area contributed by atoms with Crippen molar-refractivity contribution >= 4 is 11.8 Å². The maximum atomic E-state index is 11.4. The molecule has 0 spiro atoms. The average molecular weight is 443 g/mol. The maximum Gasteiger partial charge on any atom is 0.220 e. The number of hydrogen-bond acceptors (Lipinski definition) is 7. The van der Waals surface area contributed by atoms with Crippen LogP contribution in [0.2, 0.25) is 0 Å². The lowest BCUT2D eigenvalue weighted by Gasteiger charge is -2.17. The van der Waals surface area contributed by atoms with Gasteiger partial charge in [0.15, 0.2) is 16.7 Å². The van der Waals surface area contributed by atoms with Crippen LogP contribution in [0.25, 0.3) is 5.69 Å². The summed E-state index contributed by atoms with van der Waals surface area (Å²) in [7, 11) is 1.55. The van der Waals surface area contributed by atoms with Gasteiger partial charge in [-0.15, -0.1) is 10.2 Å². The van der Waals surface area contributed by atoms with Crippen LogP contribution in [-0.2, 0) is 0 Å². The molecule has 0 unspecified atom stereocenters. The summed E-state index contributed by atoms with van der Waals surface area (Å²) in [6.45, 7) is 8.10. The van der Waals surface area contributed by atoms with Gasteiger partial charge in [-0.25, -0.2) is 0 Å². The van der Waals surface area contributed by atoms with Crippen LogP contribution in [0.1, 0.15) is 34.7 Å². The Bertz CT molecular complexity index is 1080. The van der Waals surface area contributed by atoms with Crippen molar-refractivity contribution in [2.24, 2.45) is 0 Å². The molecule has 0 N–H and O–H groups in total. The third kappa shape index (κ3) is 5.16. The molecule has 0 bridgehead atoms. The smallest absolute Gasteiger partial charge is 0.220 e. The summed E-state index contributed by atoms with van der Waals surface area (Å²) < 4.78 is 12.9.